The molecule has 0 amide bonds. The minimum absolute atomic E-state index is 0.0568. The van der Waals surface area contributed by atoms with Crippen LogP contribution in [-0.2, 0) is 10.0 Å². The highest BCUT2D eigenvalue weighted by Gasteiger charge is 2.63. The smallest absolute Gasteiger partial charge is 0.200 e. The molecule has 4 aliphatic rings. The van der Waals surface area contributed by atoms with Crippen molar-refractivity contribution in [3.63, 3.8) is 0 Å². The standard InChI is InChI=1S/C17H19N3O2S/c1-10-5-7-11(8-6-10)23(21,22)20-17-15-9-14(16(17)18-19-20)12-3-2-4-13(12)15/h2,4-8,12-17H,3,9H2,1H3/t12-,13+,14-,15-,16+,17+/m0/s1. The fourth-order valence-electron chi connectivity index (χ4n) is 5.17. The maximum Gasteiger partial charge on any atom is 0.280 e. The first-order valence-corrected chi connectivity index (χ1v) is 9.70. The van der Waals surface area contributed by atoms with Crippen molar-refractivity contribution in [2.45, 2.75) is 36.7 Å². The number of rotatable bonds is 2. The van der Waals surface area contributed by atoms with Crippen LogP contribution in [0.5, 0.6) is 0 Å². The monoisotopic (exact) mass is 329 g/mol. The summed E-state index contributed by atoms with van der Waals surface area (Å²) in [6, 6.07) is 6.96. The first kappa shape index (κ1) is 13.7. The van der Waals surface area contributed by atoms with Crippen LogP contribution in [0.1, 0.15) is 18.4 Å². The zero-order valence-electron chi connectivity index (χ0n) is 12.9. The van der Waals surface area contributed by atoms with E-state index in [4.69, 9.17) is 0 Å². The summed E-state index contributed by atoms with van der Waals surface area (Å²) in [5.41, 5.74) is 1.05. The Bertz CT molecular complexity index is 815. The Hall–Kier alpha value is -1.69. The van der Waals surface area contributed by atoms with Gasteiger partial charge in [0.1, 0.15) is 0 Å². The molecular formula is C17H19N3O2S. The van der Waals surface area contributed by atoms with Gasteiger partial charge in [-0.2, -0.15) is 17.9 Å². The predicted octanol–water partition coefficient (Wildman–Crippen LogP) is 2.95. The molecule has 2 fully saturated rings. The molecule has 6 heteroatoms. The van der Waals surface area contributed by atoms with Crippen molar-refractivity contribution >= 4 is 10.0 Å². The van der Waals surface area contributed by atoms with Crippen molar-refractivity contribution < 1.29 is 8.42 Å². The fourth-order valence-corrected chi connectivity index (χ4v) is 6.61. The quantitative estimate of drug-likeness (QED) is 0.783. The highest BCUT2D eigenvalue weighted by molar-refractivity contribution is 7.89. The summed E-state index contributed by atoms with van der Waals surface area (Å²) < 4.78 is 27.3. The van der Waals surface area contributed by atoms with Crippen LogP contribution in [0.4, 0.5) is 0 Å². The van der Waals surface area contributed by atoms with Gasteiger partial charge in [0.2, 0.25) is 0 Å². The van der Waals surface area contributed by atoms with Crippen molar-refractivity contribution in [2.24, 2.45) is 34.0 Å². The molecule has 5 rings (SSSR count). The zero-order valence-corrected chi connectivity index (χ0v) is 13.7. The number of hydrogen-bond acceptors (Lipinski definition) is 4. The van der Waals surface area contributed by atoms with E-state index in [1.165, 1.54) is 4.41 Å². The lowest BCUT2D eigenvalue weighted by molar-refractivity contribution is 0.182. The second-order valence-electron chi connectivity index (χ2n) is 7.25. The molecule has 5 nitrogen and oxygen atoms in total. The average molecular weight is 329 g/mol. The third-order valence-electron chi connectivity index (χ3n) is 6.17. The Labute approximate surface area is 136 Å². The number of fused-ring (bicyclic) bond motifs is 8. The number of benzene rings is 1. The highest BCUT2D eigenvalue weighted by atomic mass is 32.2. The lowest BCUT2D eigenvalue weighted by Crippen LogP contribution is -2.46. The molecule has 120 valence electrons. The number of allylic oxidation sites excluding steroid dienone is 2. The lowest BCUT2D eigenvalue weighted by atomic mass is 9.77. The minimum atomic E-state index is -3.61. The first-order valence-electron chi connectivity index (χ1n) is 8.26. The summed E-state index contributed by atoms with van der Waals surface area (Å²) in [4.78, 5) is 0.309. The average Bonchev–Trinajstić information content (AvgIpc) is 3.25. The van der Waals surface area contributed by atoms with Crippen molar-refractivity contribution in [1.82, 2.24) is 4.41 Å². The van der Waals surface area contributed by atoms with Gasteiger partial charge in [0.05, 0.1) is 17.0 Å². The molecule has 0 radical (unpaired) electrons. The Morgan fingerprint density at radius 1 is 1.13 bits per heavy atom. The molecule has 1 aromatic rings. The van der Waals surface area contributed by atoms with Crippen LogP contribution in [-0.4, -0.2) is 24.9 Å². The van der Waals surface area contributed by atoms with E-state index >= 15 is 0 Å². The molecule has 1 aliphatic heterocycles. The van der Waals surface area contributed by atoms with E-state index in [9.17, 15) is 8.42 Å². The molecule has 2 saturated carbocycles. The lowest BCUT2D eigenvalue weighted by Gasteiger charge is -2.34. The van der Waals surface area contributed by atoms with E-state index < -0.39 is 10.0 Å². The Kier molecular flexibility index (Phi) is 2.65. The van der Waals surface area contributed by atoms with Crippen LogP contribution in [0.25, 0.3) is 0 Å². The van der Waals surface area contributed by atoms with Crippen LogP contribution in [0.3, 0.4) is 0 Å². The molecule has 0 saturated heterocycles. The SMILES string of the molecule is Cc1ccc(S(=O)(=O)N2N=N[C@@H]3[C@H]4C[C@@H]([C@@H]5C=CC[C@@H]54)[C@H]32)cc1. The van der Waals surface area contributed by atoms with Crippen LogP contribution in [0.15, 0.2) is 51.7 Å². The first-order chi connectivity index (χ1) is 11.1. The number of nitrogens with zero attached hydrogens (tertiary/aromatic N) is 3. The Balaban J connectivity index is 1.52. The number of hydrogen-bond donors (Lipinski definition) is 0. The summed E-state index contributed by atoms with van der Waals surface area (Å²) in [5.74, 6) is 2.03. The third kappa shape index (κ3) is 1.70. The van der Waals surface area contributed by atoms with Crippen LogP contribution in [0, 0.1) is 30.6 Å². The zero-order chi connectivity index (χ0) is 15.8. The van der Waals surface area contributed by atoms with Crippen LogP contribution < -0.4 is 0 Å². The maximum atomic E-state index is 13.0. The highest BCUT2D eigenvalue weighted by Crippen LogP contribution is 2.60. The summed E-state index contributed by atoms with van der Waals surface area (Å²) >= 11 is 0. The molecule has 0 unspecified atom stereocenters. The van der Waals surface area contributed by atoms with Crippen molar-refractivity contribution in [3.05, 3.63) is 42.0 Å². The molecule has 0 aromatic heterocycles. The predicted molar refractivity (Wildman–Crippen MR) is 85.0 cm³/mol. The van der Waals surface area contributed by atoms with Crippen LogP contribution in [0.2, 0.25) is 0 Å². The fraction of sp³-hybridized carbons (Fsp3) is 0.529. The molecule has 2 bridgehead atoms. The van der Waals surface area contributed by atoms with Gasteiger partial charge in [-0.05, 0) is 55.6 Å². The van der Waals surface area contributed by atoms with Crippen molar-refractivity contribution in [3.8, 4) is 0 Å². The Morgan fingerprint density at radius 3 is 2.70 bits per heavy atom. The van der Waals surface area contributed by atoms with E-state index in [0.717, 1.165) is 18.4 Å². The molecule has 0 spiro atoms. The molecule has 0 N–H and O–H groups in total. The molecule has 1 heterocycles. The van der Waals surface area contributed by atoms with Crippen LogP contribution >= 0.6 is 0 Å². The van der Waals surface area contributed by atoms with Crippen molar-refractivity contribution in [1.29, 1.82) is 0 Å². The maximum absolute atomic E-state index is 13.0. The second kappa shape index (κ2) is 4.44. The minimum Gasteiger partial charge on any atom is -0.200 e. The van der Waals surface area contributed by atoms with Gasteiger partial charge in [-0.3, -0.25) is 0 Å². The van der Waals surface area contributed by atoms with Gasteiger partial charge in [-0.15, -0.1) is 0 Å². The summed E-state index contributed by atoms with van der Waals surface area (Å²) in [5, 5.41) is 8.48. The summed E-state index contributed by atoms with van der Waals surface area (Å²) in [7, 11) is -3.61. The molecule has 23 heavy (non-hydrogen) atoms. The summed E-state index contributed by atoms with van der Waals surface area (Å²) in [6.07, 6.45) is 6.76. The van der Waals surface area contributed by atoms with Gasteiger partial charge < -0.3 is 0 Å². The number of aryl methyl sites for hydroxylation is 1. The van der Waals surface area contributed by atoms with E-state index in [1.807, 2.05) is 19.1 Å². The van der Waals surface area contributed by atoms with Gasteiger partial charge in [0, 0.05) is 0 Å². The van der Waals surface area contributed by atoms with E-state index in [0.29, 0.717) is 28.6 Å². The molecule has 1 aromatic carbocycles. The topological polar surface area (TPSA) is 62.1 Å². The van der Waals surface area contributed by atoms with Gasteiger partial charge >= 0.3 is 0 Å². The largest absolute Gasteiger partial charge is 0.280 e. The molecular weight excluding hydrogens is 310 g/mol. The third-order valence-corrected chi connectivity index (χ3v) is 7.85. The number of sulfonamides is 1. The van der Waals surface area contributed by atoms with Gasteiger partial charge in [0.15, 0.2) is 0 Å². The normalized spacial score (nSPS) is 40.0. The van der Waals surface area contributed by atoms with E-state index in [1.54, 1.807) is 12.1 Å². The van der Waals surface area contributed by atoms with E-state index in [2.05, 4.69) is 22.5 Å². The second-order valence-corrected chi connectivity index (χ2v) is 9.04. The van der Waals surface area contributed by atoms with Gasteiger partial charge in [-0.1, -0.05) is 35.1 Å². The molecule has 6 atom stereocenters. The molecule has 3 aliphatic carbocycles. The van der Waals surface area contributed by atoms with Crippen molar-refractivity contribution in [2.75, 3.05) is 0 Å². The van der Waals surface area contributed by atoms with E-state index in [-0.39, 0.29) is 12.1 Å². The summed E-state index contributed by atoms with van der Waals surface area (Å²) in [6.45, 7) is 1.95. The Morgan fingerprint density at radius 2 is 1.91 bits per heavy atom. The van der Waals surface area contributed by atoms with Gasteiger partial charge in [-0.25, -0.2) is 0 Å². The van der Waals surface area contributed by atoms with Gasteiger partial charge in [0.25, 0.3) is 10.0 Å².